The molecule has 1 fully saturated rings. The molecule has 6 nitrogen and oxygen atoms in total. The summed E-state index contributed by atoms with van der Waals surface area (Å²) in [6.45, 7) is 4.62. The molecule has 6 heteroatoms. The number of aromatic nitrogens is 2. The summed E-state index contributed by atoms with van der Waals surface area (Å²) < 4.78 is 0. The number of anilines is 2. The van der Waals surface area contributed by atoms with Crippen molar-refractivity contribution < 1.29 is 0 Å². The lowest BCUT2D eigenvalue weighted by atomic mass is 10.0. The molecule has 0 bridgehead atoms. The molecule has 1 saturated heterocycles. The fourth-order valence-electron chi connectivity index (χ4n) is 4.68. The van der Waals surface area contributed by atoms with Gasteiger partial charge in [-0.15, -0.1) is 5.10 Å². The SMILES string of the molecule is CC1CN(c2nnc(Cc3ccccc3)c3ccc(C#N)cc23)CCN1c1ccc(C#N)cc1. The van der Waals surface area contributed by atoms with Crippen LogP contribution in [0.15, 0.2) is 72.8 Å². The first-order chi connectivity index (χ1) is 16.7. The highest BCUT2D eigenvalue weighted by atomic mass is 15.3. The van der Waals surface area contributed by atoms with Crippen LogP contribution >= 0.6 is 0 Å². The van der Waals surface area contributed by atoms with Crippen molar-refractivity contribution in [1.29, 1.82) is 10.5 Å². The average Bonchev–Trinajstić information content (AvgIpc) is 2.89. The fourth-order valence-corrected chi connectivity index (χ4v) is 4.68. The first kappa shape index (κ1) is 21.4. The number of rotatable bonds is 4. The molecule has 1 aliphatic rings. The summed E-state index contributed by atoms with van der Waals surface area (Å²) >= 11 is 0. The Balaban J connectivity index is 1.46. The molecule has 0 amide bonds. The van der Waals surface area contributed by atoms with Gasteiger partial charge in [-0.2, -0.15) is 15.6 Å². The van der Waals surface area contributed by atoms with E-state index in [-0.39, 0.29) is 6.04 Å². The zero-order valence-electron chi connectivity index (χ0n) is 19.0. The maximum absolute atomic E-state index is 9.52. The second-order valence-electron chi connectivity index (χ2n) is 8.65. The van der Waals surface area contributed by atoms with Crippen LogP contribution in [0.25, 0.3) is 10.8 Å². The van der Waals surface area contributed by atoms with Gasteiger partial charge in [0.1, 0.15) is 0 Å². The van der Waals surface area contributed by atoms with Crippen molar-refractivity contribution in [3.05, 3.63) is 95.2 Å². The molecule has 166 valence electrons. The maximum atomic E-state index is 9.52. The Morgan fingerprint density at radius 3 is 2.29 bits per heavy atom. The second kappa shape index (κ2) is 9.21. The van der Waals surface area contributed by atoms with E-state index in [4.69, 9.17) is 5.26 Å². The van der Waals surface area contributed by atoms with Gasteiger partial charge in [0.05, 0.1) is 29.0 Å². The van der Waals surface area contributed by atoms with Crippen LogP contribution in [0.1, 0.15) is 29.3 Å². The number of piperazine rings is 1. The van der Waals surface area contributed by atoms with Crippen LogP contribution in [-0.4, -0.2) is 35.9 Å². The maximum Gasteiger partial charge on any atom is 0.159 e. The van der Waals surface area contributed by atoms with Crippen molar-refractivity contribution in [2.75, 3.05) is 29.4 Å². The molecule has 4 aromatic rings. The largest absolute Gasteiger partial charge is 0.365 e. The van der Waals surface area contributed by atoms with Gasteiger partial charge in [0.2, 0.25) is 0 Å². The van der Waals surface area contributed by atoms with Crippen molar-refractivity contribution in [2.45, 2.75) is 19.4 Å². The molecule has 0 N–H and O–H groups in total. The minimum atomic E-state index is 0.252. The normalized spacial score (nSPS) is 15.7. The standard InChI is InChI=1S/C28H24N6/c1-20-19-33(13-14-34(20)24-10-7-22(17-29)8-11-24)28-26-15-23(18-30)9-12-25(26)27(31-32-28)16-21-5-3-2-4-6-21/h2-12,15,20H,13-14,16,19H2,1H3. The topological polar surface area (TPSA) is 79.8 Å². The van der Waals surface area contributed by atoms with Gasteiger partial charge in [0, 0.05) is 48.6 Å². The van der Waals surface area contributed by atoms with E-state index in [0.29, 0.717) is 17.5 Å². The third-order valence-corrected chi connectivity index (χ3v) is 6.44. The van der Waals surface area contributed by atoms with Gasteiger partial charge in [-0.05, 0) is 48.9 Å². The summed E-state index contributed by atoms with van der Waals surface area (Å²) in [5.74, 6) is 0.829. The summed E-state index contributed by atoms with van der Waals surface area (Å²) in [5, 5.41) is 29.9. The molecule has 1 aliphatic heterocycles. The monoisotopic (exact) mass is 444 g/mol. The zero-order chi connectivity index (χ0) is 23.5. The fraction of sp³-hybridized carbons (Fsp3) is 0.214. The van der Waals surface area contributed by atoms with E-state index in [1.165, 1.54) is 5.56 Å². The summed E-state index contributed by atoms with van der Waals surface area (Å²) in [6.07, 6.45) is 0.694. The summed E-state index contributed by atoms with van der Waals surface area (Å²) in [5.41, 5.74) is 4.50. The summed E-state index contributed by atoms with van der Waals surface area (Å²) in [6, 6.07) is 28.5. The van der Waals surface area contributed by atoms with Gasteiger partial charge in [0.15, 0.2) is 5.82 Å². The number of hydrogen-bond donors (Lipinski definition) is 0. The highest BCUT2D eigenvalue weighted by Gasteiger charge is 2.26. The molecule has 1 aromatic heterocycles. The predicted octanol–water partition coefficient (Wildman–Crippen LogP) is 4.68. The van der Waals surface area contributed by atoms with Crippen LogP contribution in [-0.2, 0) is 6.42 Å². The Bertz CT molecular complexity index is 1400. The molecule has 5 rings (SSSR count). The van der Waals surface area contributed by atoms with Gasteiger partial charge < -0.3 is 9.80 Å². The molecular formula is C28H24N6. The lowest BCUT2D eigenvalue weighted by Gasteiger charge is -2.42. The van der Waals surface area contributed by atoms with E-state index in [2.05, 4.69) is 51.2 Å². The Kier molecular flexibility index (Phi) is 5.81. The summed E-state index contributed by atoms with van der Waals surface area (Å²) in [4.78, 5) is 4.63. The van der Waals surface area contributed by atoms with Crippen LogP contribution in [0.3, 0.4) is 0 Å². The molecule has 1 atom stereocenters. The van der Waals surface area contributed by atoms with E-state index in [1.54, 1.807) is 0 Å². The Labute approximate surface area is 199 Å². The number of benzene rings is 3. The highest BCUT2D eigenvalue weighted by molar-refractivity contribution is 5.94. The minimum Gasteiger partial charge on any atom is -0.365 e. The van der Waals surface area contributed by atoms with Crippen LogP contribution in [0.5, 0.6) is 0 Å². The van der Waals surface area contributed by atoms with Crippen LogP contribution in [0, 0.1) is 22.7 Å². The Hall–Kier alpha value is -4.42. The molecular weight excluding hydrogens is 420 g/mol. The number of nitrogens with zero attached hydrogens (tertiary/aromatic N) is 6. The van der Waals surface area contributed by atoms with Crippen molar-refractivity contribution in [3.8, 4) is 12.1 Å². The van der Waals surface area contributed by atoms with E-state index >= 15 is 0 Å². The van der Waals surface area contributed by atoms with Gasteiger partial charge in [-0.1, -0.05) is 36.4 Å². The third-order valence-electron chi connectivity index (χ3n) is 6.44. The summed E-state index contributed by atoms with van der Waals surface area (Å²) in [7, 11) is 0. The Morgan fingerprint density at radius 1 is 0.853 bits per heavy atom. The lowest BCUT2D eigenvalue weighted by Crippen LogP contribution is -2.52. The van der Waals surface area contributed by atoms with Crippen molar-refractivity contribution in [1.82, 2.24) is 10.2 Å². The molecule has 0 radical (unpaired) electrons. The first-order valence-corrected chi connectivity index (χ1v) is 11.4. The smallest absolute Gasteiger partial charge is 0.159 e. The van der Waals surface area contributed by atoms with Gasteiger partial charge >= 0.3 is 0 Å². The van der Waals surface area contributed by atoms with E-state index in [1.807, 2.05) is 60.7 Å². The minimum absolute atomic E-state index is 0.252. The van der Waals surface area contributed by atoms with Crippen LogP contribution in [0.4, 0.5) is 11.5 Å². The molecule has 34 heavy (non-hydrogen) atoms. The molecule has 3 aromatic carbocycles. The van der Waals surface area contributed by atoms with Crippen molar-refractivity contribution >= 4 is 22.3 Å². The van der Waals surface area contributed by atoms with Crippen LogP contribution in [0.2, 0.25) is 0 Å². The predicted molar refractivity (Wildman–Crippen MR) is 134 cm³/mol. The zero-order valence-corrected chi connectivity index (χ0v) is 19.0. The van der Waals surface area contributed by atoms with Gasteiger partial charge in [-0.25, -0.2) is 0 Å². The van der Waals surface area contributed by atoms with Gasteiger partial charge in [0.25, 0.3) is 0 Å². The molecule has 2 heterocycles. The van der Waals surface area contributed by atoms with E-state index in [9.17, 15) is 5.26 Å². The molecule has 0 saturated carbocycles. The van der Waals surface area contributed by atoms with Crippen molar-refractivity contribution in [3.63, 3.8) is 0 Å². The quantitative estimate of drug-likeness (QED) is 0.455. The van der Waals surface area contributed by atoms with E-state index < -0.39 is 0 Å². The highest BCUT2D eigenvalue weighted by Crippen LogP contribution is 2.31. The first-order valence-electron chi connectivity index (χ1n) is 11.4. The van der Waals surface area contributed by atoms with E-state index in [0.717, 1.165) is 47.6 Å². The second-order valence-corrected chi connectivity index (χ2v) is 8.65. The number of nitriles is 2. The number of fused-ring (bicyclic) bond motifs is 1. The van der Waals surface area contributed by atoms with Crippen molar-refractivity contribution in [2.24, 2.45) is 0 Å². The third kappa shape index (κ3) is 4.14. The van der Waals surface area contributed by atoms with Crippen LogP contribution < -0.4 is 9.80 Å². The molecule has 0 aliphatic carbocycles. The molecule has 0 spiro atoms. The number of hydrogen-bond acceptors (Lipinski definition) is 6. The van der Waals surface area contributed by atoms with Gasteiger partial charge in [-0.3, -0.25) is 0 Å². The lowest BCUT2D eigenvalue weighted by molar-refractivity contribution is 0.547. The molecule has 1 unspecified atom stereocenters. The Morgan fingerprint density at radius 2 is 1.59 bits per heavy atom. The average molecular weight is 445 g/mol.